The van der Waals surface area contributed by atoms with Crippen molar-refractivity contribution in [1.82, 2.24) is 19.1 Å². The van der Waals surface area contributed by atoms with E-state index in [0.29, 0.717) is 18.7 Å². The summed E-state index contributed by atoms with van der Waals surface area (Å²) in [5, 5.41) is 13.7. The molecule has 3 rings (SSSR count). The van der Waals surface area contributed by atoms with Crippen LogP contribution in [0.2, 0.25) is 0 Å². The van der Waals surface area contributed by atoms with Crippen molar-refractivity contribution < 1.29 is 9.90 Å². The van der Waals surface area contributed by atoms with Crippen LogP contribution in [0.4, 0.5) is 0 Å². The molecule has 2 aromatic rings. The lowest BCUT2D eigenvalue weighted by molar-refractivity contribution is -0.153. The van der Waals surface area contributed by atoms with Crippen LogP contribution in [-0.4, -0.2) is 48.8 Å². The van der Waals surface area contributed by atoms with Gasteiger partial charge in [0.2, 0.25) is 5.91 Å². The van der Waals surface area contributed by atoms with Crippen LogP contribution in [0.15, 0.2) is 29.2 Å². The molecular weight excluding hydrogens is 248 g/mol. The Kier molecular flexibility index (Phi) is 2.46. The first-order valence-corrected chi connectivity index (χ1v) is 6.01. The Morgan fingerprint density at radius 2 is 2.21 bits per heavy atom. The van der Waals surface area contributed by atoms with E-state index in [4.69, 9.17) is 0 Å². The van der Waals surface area contributed by atoms with Crippen LogP contribution in [0.25, 0.3) is 5.65 Å². The number of carbonyl (C=O) groups is 1. The highest BCUT2D eigenvalue weighted by molar-refractivity contribution is 5.77. The maximum atomic E-state index is 12.0. The summed E-state index contributed by atoms with van der Waals surface area (Å²) in [5.74, 6) is -0.211. The van der Waals surface area contributed by atoms with Crippen LogP contribution >= 0.6 is 0 Å². The third kappa shape index (κ3) is 2.01. The topological polar surface area (TPSA) is 79.8 Å². The smallest absolute Gasteiger partial charge is 0.350 e. The third-order valence-corrected chi connectivity index (χ3v) is 3.19. The molecule has 0 bridgehead atoms. The van der Waals surface area contributed by atoms with Crippen molar-refractivity contribution in [1.29, 1.82) is 0 Å². The Hall–Kier alpha value is -2.15. The highest BCUT2D eigenvalue weighted by atomic mass is 16.3. The van der Waals surface area contributed by atoms with E-state index in [2.05, 4.69) is 5.10 Å². The largest absolute Gasteiger partial charge is 0.386 e. The first-order valence-electron chi connectivity index (χ1n) is 6.01. The molecule has 0 radical (unpaired) electrons. The fourth-order valence-electron chi connectivity index (χ4n) is 2.25. The van der Waals surface area contributed by atoms with Gasteiger partial charge in [0.15, 0.2) is 5.65 Å². The van der Waals surface area contributed by atoms with E-state index in [9.17, 15) is 14.7 Å². The van der Waals surface area contributed by atoms with E-state index < -0.39 is 5.60 Å². The fraction of sp³-hybridized carbons (Fsp3) is 0.417. The summed E-state index contributed by atoms with van der Waals surface area (Å²) in [6.07, 6.45) is 1.61. The second-order valence-electron chi connectivity index (χ2n) is 5.12. The van der Waals surface area contributed by atoms with E-state index in [1.54, 1.807) is 31.3 Å². The molecule has 1 aliphatic rings. The predicted octanol–water partition coefficient (Wildman–Crippen LogP) is -0.911. The quantitative estimate of drug-likeness (QED) is 0.760. The van der Waals surface area contributed by atoms with Crippen LogP contribution in [-0.2, 0) is 11.3 Å². The maximum absolute atomic E-state index is 12.0. The molecular formula is C12H14N4O3. The molecule has 1 amide bonds. The molecule has 1 fully saturated rings. The summed E-state index contributed by atoms with van der Waals surface area (Å²) in [4.78, 5) is 25.4. The van der Waals surface area contributed by atoms with Gasteiger partial charge in [0, 0.05) is 6.20 Å². The molecule has 1 saturated heterocycles. The average molecular weight is 262 g/mol. The zero-order chi connectivity index (χ0) is 13.6. The summed E-state index contributed by atoms with van der Waals surface area (Å²) in [7, 11) is 0. The Morgan fingerprint density at radius 3 is 2.84 bits per heavy atom. The van der Waals surface area contributed by atoms with Crippen LogP contribution in [0, 0.1) is 0 Å². The predicted molar refractivity (Wildman–Crippen MR) is 66.7 cm³/mol. The lowest BCUT2D eigenvalue weighted by atomic mass is 9.97. The molecule has 2 aromatic heterocycles. The van der Waals surface area contributed by atoms with E-state index in [-0.39, 0.29) is 18.1 Å². The van der Waals surface area contributed by atoms with E-state index in [1.165, 1.54) is 9.30 Å². The van der Waals surface area contributed by atoms with Crippen molar-refractivity contribution in [3.63, 3.8) is 0 Å². The monoisotopic (exact) mass is 262 g/mol. The maximum Gasteiger partial charge on any atom is 0.350 e. The van der Waals surface area contributed by atoms with Gasteiger partial charge in [0.1, 0.15) is 6.54 Å². The first-order chi connectivity index (χ1) is 8.96. The molecule has 0 aliphatic carbocycles. The number of aliphatic hydroxyl groups is 1. The number of fused-ring (bicyclic) bond motifs is 1. The molecule has 7 heteroatoms. The molecule has 100 valence electrons. The minimum absolute atomic E-state index is 0.101. The lowest BCUT2D eigenvalue weighted by Gasteiger charge is -2.44. The second kappa shape index (κ2) is 3.92. The minimum atomic E-state index is -0.806. The highest BCUT2D eigenvalue weighted by Crippen LogP contribution is 2.19. The van der Waals surface area contributed by atoms with Crippen LogP contribution < -0.4 is 5.69 Å². The van der Waals surface area contributed by atoms with Crippen LogP contribution in [0.5, 0.6) is 0 Å². The molecule has 0 aromatic carbocycles. The van der Waals surface area contributed by atoms with Gasteiger partial charge >= 0.3 is 5.69 Å². The molecule has 1 N–H and O–H groups in total. The van der Waals surface area contributed by atoms with Crippen molar-refractivity contribution in [2.24, 2.45) is 0 Å². The van der Waals surface area contributed by atoms with E-state index in [1.807, 2.05) is 0 Å². The fourth-order valence-corrected chi connectivity index (χ4v) is 2.25. The number of aromatic nitrogens is 3. The molecule has 1 aliphatic heterocycles. The zero-order valence-electron chi connectivity index (χ0n) is 10.5. The highest BCUT2D eigenvalue weighted by Gasteiger charge is 2.39. The van der Waals surface area contributed by atoms with Gasteiger partial charge < -0.3 is 10.0 Å². The zero-order valence-corrected chi connectivity index (χ0v) is 10.5. The number of amides is 1. The standard InChI is InChI=1S/C12H14N4O3/c1-12(19)7-14(8-12)10(17)6-16-11(18)15-5-3-2-4-9(15)13-16/h2-5,19H,6-8H2,1H3. The number of carbonyl (C=O) groups excluding carboxylic acids is 1. The SMILES string of the molecule is CC1(O)CN(C(=O)Cn2nc3ccccn3c2=O)C1. The molecule has 19 heavy (non-hydrogen) atoms. The van der Waals surface area contributed by atoms with Gasteiger partial charge in [-0.1, -0.05) is 6.07 Å². The Morgan fingerprint density at radius 1 is 1.47 bits per heavy atom. The average Bonchev–Trinajstić information content (AvgIpc) is 2.64. The molecule has 3 heterocycles. The van der Waals surface area contributed by atoms with Crippen molar-refractivity contribution >= 4 is 11.6 Å². The Bertz CT molecular complexity index is 692. The van der Waals surface area contributed by atoms with Gasteiger partial charge in [-0.3, -0.25) is 9.20 Å². The molecule has 0 spiro atoms. The Balaban J connectivity index is 1.81. The van der Waals surface area contributed by atoms with Crippen molar-refractivity contribution in [2.75, 3.05) is 13.1 Å². The Labute approximate surface area is 108 Å². The number of likely N-dealkylation sites (tertiary alicyclic amines) is 1. The molecule has 0 atom stereocenters. The molecule has 0 saturated carbocycles. The molecule has 7 nitrogen and oxygen atoms in total. The summed E-state index contributed by atoms with van der Waals surface area (Å²) in [6.45, 7) is 2.17. The van der Waals surface area contributed by atoms with Crippen LogP contribution in [0.3, 0.4) is 0 Å². The lowest BCUT2D eigenvalue weighted by Crippen LogP contribution is -2.62. The summed E-state index contributed by atoms with van der Waals surface area (Å²) in [5.41, 5.74) is -0.633. The van der Waals surface area contributed by atoms with Gasteiger partial charge in [-0.2, -0.15) is 0 Å². The number of rotatable bonds is 2. The summed E-state index contributed by atoms with van der Waals surface area (Å²) < 4.78 is 2.53. The number of β-amino-alcohol motifs (C(OH)–C–C–N with tert-alkyl or cyclic N) is 1. The van der Waals surface area contributed by atoms with Gasteiger partial charge in [-0.05, 0) is 19.1 Å². The summed E-state index contributed by atoms with van der Waals surface area (Å²) >= 11 is 0. The normalized spacial score (nSPS) is 17.5. The minimum Gasteiger partial charge on any atom is -0.386 e. The van der Waals surface area contributed by atoms with Crippen LogP contribution in [0.1, 0.15) is 6.92 Å². The number of pyridine rings is 1. The van der Waals surface area contributed by atoms with Gasteiger partial charge in [-0.25, -0.2) is 9.48 Å². The van der Waals surface area contributed by atoms with Crippen molar-refractivity contribution in [2.45, 2.75) is 19.1 Å². The van der Waals surface area contributed by atoms with Crippen molar-refractivity contribution in [3.8, 4) is 0 Å². The summed E-state index contributed by atoms with van der Waals surface area (Å²) in [6, 6.07) is 5.21. The number of hydrogen-bond donors (Lipinski definition) is 1. The first kappa shape index (κ1) is 11.9. The van der Waals surface area contributed by atoms with E-state index in [0.717, 1.165) is 4.68 Å². The third-order valence-electron chi connectivity index (χ3n) is 3.19. The second-order valence-corrected chi connectivity index (χ2v) is 5.12. The number of nitrogens with zero attached hydrogens (tertiary/aromatic N) is 4. The van der Waals surface area contributed by atoms with Gasteiger partial charge in [0.05, 0.1) is 18.7 Å². The van der Waals surface area contributed by atoms with E-state index >= 15 is 0 Å². The van der Waals surface area contributed by atoms with Gasteiger partial charge in [0.25, 0.3) is 0 Å². The van der Waals surface area contributed by atoms with Gasteiger partial charge in [-0.15, -0.1) is 5.10 Å². The number of hydrogen-bond acceptors (Lipinski definition) is 4. The molecule has 0 unspecified atom stereocenters. The van der Waals surface area contributed by atoms with Crippen molar-refractivity contribution in [3.05, 3.63) is 34.9 Å².